The molecule has 0 spiro atoms. The molecule has 0 aliphatic rings. The van der Waals surface area contributed by atoms with Crippen LogP contribution in [0.5, 0.6) is 0 Å². The Morgan fingerprint density at radius 2 is 2.00 bits per heavy atom. The maximum absolute atomic E-state index is 8.80. The Balaban J connectivity index is 2.31. The number of aliphatic hydroxyl groups excluding tert-OH is 1. The van der Waals surface area contributed by atoms with Crippen molar-refractivity contribution in [3.63, 3.8) is 0 Å². The molecule has 0 amide bonds. The standard InChI is InChI=1S/C14H18N4OS/c1-9-4-5-11(10(2)8-9)12-16-13(15)18-14(17-12)20-7-3-6-19/h4-5,8,19H,3,6-7H2,1-2H3,(H2,15,16,17,18). The Labute approximate surface area is 122 Å². The first-order chi connectivity index (χ1) is 9.60. The van der Waals surface area contributed by atoms with Crippen LogP contribution in [0.3, 0.4) is 0 Å². The summed E-state index contributed by atoms with van der Waals surface area (Å²) in [5, 5.41) is 9.40. The highest BCUT2D eigenvalue weighted by Gasteiger charge is 2.09. The summed E-state index contributed by atoms with van der Waals surface area (Å²) in [4.78, 5) is 12.8. The molecule has 0 bridgehead atoms. The zero-order chi connectivity index (χ0) is 14.5. The second kappa shape index (κ2) is 6.67. The van der Waals surface area contributed by atoms with Crippen LogP contribution in [-0.2, 0) is 0 Å². The van der Waals surface area contributed by atoms with Crippen molar-refractivity contribution >= 4 is 17.7 Å². The van der Waals surface area contributed by atoms with Crippen LogP contribution in [0.1, 0.15) is 17.5 Å². The molecule has 0 fully saturated rings. The zero-order valence-electron chi connectivity index (χ0n) is 11.6. The minimum absolute atomic E-state index is 0.164. The number of anilines is 1. The van der Waals surface area contributed by atoms with Crippen molar-refractivity contribution in [2.75, 3.05) is 18.1 Å². The summed E-state index contributed by atoms with van der Waals surface area (Å²) in [6, 6.07) is 6.12. The molecule has 2 rings (SSSR count). The number of thioether (sulfide) groups is 1. The molecule has 0 radical (unpaired) electrons. The van der Waals surface area contributed by atoms with Crippen LogP contribution in [0.2, 0.25) is 0 Å². The third-order valence-corrected chi connectivity index (χ3v) is 3.72. The highest BCUT2D eigenvalue weighted by molar-refractivity contribution is 7.99. The maximum atomic E-state index is 8.80. The Bertz CT molecular complexity index is 604. The van der Waals surface area contributed by atoms with Gasteiger partial charge in [0.05, 0.1) is 0 Å². The van der Waals surface area contributed by atoms with Crippen LogP contribution < -0.4 is 5.73 Å². The van der Waals surface area contributed by atoms with Crippen LogP contribution in [0.4, 0.5) is 5.95 Å². The predicted molar refractivity (Wildman–Crippen MR) is 81.6 cm³/mol. The second-order valence-corrected chi connectivity index (χ2v) is 5.61. The van der Waals surface area contributed by atoms with Crippen molar-refractivity contribution in [2.45, 2.75) is 25.4 Å². The molecule has 5 nitrogen and oxygen atoms in total. The number of nitrogens with zero attached hydrogens (tertiary/aromatic N) is 3. The van der Waals surface area contributed by atoms with E-state index in [0.29, 0.717) is 17.4 Å². The monoisotopic (exact) mass is 290 g/mol. The van der Waals surface area contributed by atoms with Gasteiger partial charge in [-0.2, -0.15) is 9.97 Å². The molecular formula is C14H18N4OS. The molecule has 0 saturated heterocycles. The fourth-order valence-corrected chi connectivity index (χ4v) is 2.61. The number of aryl methyl sites for hydroxylation is 2. The fraction of sp³-hybridized carbons (Fsp3) is 0.357. The average molecular weight is 290 g/mol. The van der Waals surface area contributed by atoms with E-state index in [-0.39, 0.29) is 12.6 Å². The molecule has 0 aliphatic carbocycles. The van der Waals surface area contributed by atoms with Crippen molar-refractivity contribution in [3.05, 3.63) is 29.3 Å². The lowest BCUT2D eigenvalue weighted by Gasteiger charge is -2.07. The van der Waals surface area contributed by atoms with Gasteiger partial charge in [0, 0.05) is 17.9 Å². The maximum Gasteiger partial charge on any atom is 0.224 e. The number of hydrogen-bond donors (Lipinski definition) is 2. The van der Waals surface area contributed by atoms with E-state index in [4.69, 9.17) is 10.8 Å². The largest absolute Gasteiger partial charge is 0.396 e. The van der Waals surface area contributed by atoms with Gasteiger partial charge in [0.15, 0.2) is 11.0 Å². The van der Waals surface area contributed by atoms with Gasteiger partial charge >= 0.3 is 0 Å². The molecule has 0 aliphatic heterocycles. The number of rotatable bonds is 5. The topological polar surface area (TPSA) is 84.9 Å². The van der Waals surface area contributed by atoms with Crippen molar-refractivity contribution in [3.8, 4) is 11.4 Å². The Kier molecular flexibility index (Phi) is 4.92. The van der Waals surface area contributed by atoms with E-state index in [1.54, 1.807) is 0 Å². The Morgan fingerprint density at radius 3 is 2.70 bits per heavy atom. The van der Waals surface area contributed by atoms with E-state index in [9.17, 15) is 0 Å². The van der Waals surface area contributed by atoms with E-state index < -0.39 is 0 Å². The van der Waals surface area contributed by atoms with Crippen molar-refractivity contribution in [2.24, 2.45) is 0 Å². The lowest BCUT2D eigenvalue weighted by molar-refractivity contribution is 0.296. The van der Waals surface area contributed by atoms with Gasteiger partial charge in [0.1, 0.15) is 0 Å². The van der Waals surface area contributed by atoms with Gasteiger partial charge in [0.2, 0.25) is 5.95 Å². The fourth-order valence-electron chi connectivity index (χ4n) is 1.85. The quantitative estimate of drug-likeness (QED) is 0.648. The first-order valence-corrected chi connectivity index (χ1v) is 7.41. The molecule has 3 N–H and O–H groups in total. The van der Waals surface area contributed by atoms with Crippen LogP contribution in [0.25, 0.3) is 11.4 Å². The van der Waals surface area contributed by atoms with Gasteiger partial charge in [-0.15, -0.1) is 0 Å². The van der Waals surface area contributed by atoms with E-state index in [2.05, 4.69) is 27.9 Å². The Morgan fingerprint density at radius 1 is 1.20 bits per heavy atom. The minimum atomic E-state index is 0.164. The third kappa shape index (κ3) is 3.68. The SMILES string of the molecule is Cc1ccc(-c2nc(N)nc(SCCCO)n2)c(C)c1. The van der Waals surface area contributed by atoms with Gasteiger partial charge < -0.3 is 10.8 Å². The smallest absolute Gasteiger partial charge is 0.224 e. The van der Waals surface area contributed by atoms with Gasteiger partial charge in [-0.3, -0.25) is 0 Å². The van der Waals surface area contributed by atoms with Gasteiger partial charge in [-0.1, -0.05) is 35.5 Å². The molecule has 20 heavy (non-hydrogen) atoms. The highest BCUT2D eigenvalue weighted by atomic mass is 32.2. The summed E-state index contributed by atoms with van der Waals surface area (Å²) < 4.78 is 0. The summed E-state index contributed by atoms with van der Waals surface area (Å²) in [6.45, 7) is 4.24. The molecule has 1 aromatic heterocycles. The van der Waals surface area contributed by atoms with E-state index >= 15 is 0 Å². The van der Waals surface area contributed by atoms with Crippen LogP contribution in [0.15, 0.2) is 23.4 Å². The van der Waals surface area contributed by atoms with Crippen molar-refractivity contribution < 1.29 is 5.11 Å². The lowest BCUT2D eigenvalue weighted by Crippen LogP contribution is -2.03. The first-order valence-electron chi connectivity index (χ1n) is 6.43. The summed E-state index contributed by atoms with van der Waals surface area (Å²) in [6.07, 6.45) is 0.704. The third-order valence-electron chi connectivity index (χ3n) is 2.79. The number of hydrogen-bond acceptors (Lipinski definition) is 6. The first kappa shape index (κ1) is 14.7. The number of nitrogens with two attached hydrogens (primary N) is 1. The van der Waals surface area contributed by atoms with Crippen LogP contribution in [-0.4, -0.2) is 32.4 Å². The zero-order valence-corrected chi connectivity index (χ0v) is 12.4. The molecule has 0 atom stereocenters. The Hall–Kier alpha value is -1.66. The van der Waals surface area contributed by atoms with Crippen molar-refractivity contribution in [1.82, 2.24) is 15.0 Å². The summed E-state index contributed by atoms with van der Waals surface area (Å²) in [5.74, 6) is 1.58. The summed E-state index contributed by atoms with van der Waals surface area (Å²) >= 11 is 1.47. The molecule has 6 heteroatoms. The van der Waals surface area contributed by atoms with Gasteiger partial charge in [0.25, 0.3) is 0 Å². The highest BCUT2D eigenvalue weighted by Crippen LogP contribution is 2.24. The second-order valence-electron chi connectivity index (χ2n) is 4.54. The molecule has 0 unspecified atom stereocenters. The van der Waals surface area contributed by atoms with Gasteiger partial charge in [-0.05, 0) is 25.8 Å². The number of aliphatic hydroxyl groups is 1. The molecule has 106 valence electrons. The van der Waals surface area contributed by atoms with E-state index in [0.717, 1.165) is 16.9 Å². The molecule has 2 aromatic rings. The predicted octanol–water partition coefficient (Wildman–Crippen LogP) is 2.21. The molecular weight excluding hydrogens is 272 g/mol. The minimum Gasteiger partial charge on any atom is -0.396 e. The van der Waals surface area contributed by atoms with Crippen molar-refractivity contribution in [1.29, 1.82) is 0 Å². The van der Waals surface area contributed by atoms with Crippen LogP contribution >= 0.6 is 11.8 Å². The normalized spacial score (nSPS) is 10.8. The lowest BCUT2D eigenvalue weighted by atomic mass is 10.1. The van der Waals surface area contributed by atoms with Gasteiger partial charge in [-0.25, -0.2) is 4.98 Å². The van der Waals surface area contributed by atoms with Crippen LogP contribution in [0, 0.1) is 13.8 Å². The number of aromatic nitrogens is 3. The number of nitrogen functional groups attached to an aromatic ring is 1. The molecule has 0 saturated carbocycles. The van der Waals surface area contributed by atoms with E-state index in [1.165, 1.54) is 17.3 Å². The average Bonchev–Trinajstić information content (AvgIpc) is 2.38. The summed E-state index contributed by atoms with van der Waals surface area (Å²) in [5.41, 5.74) is 9.04. The van der Waals surface area contributed by atoms with E-state index in [1.807, 2.05) is 19.1 Å². The molecule has 1 heterocycles. The number of benzene rings is 1. The molecule has 1 aromatic carbocycles. The summed E-state index contributed by atoms with van der Waals surface area (Å²) in [7, 11) is 0.